The van der Waals surface area contributed by atoms with Crippen molar-refractivity contribution in [1.82, 2.24) is 30.1 Å². The lowest BCUT2D eigenvalue weighted by atomic mass is 9.93. The van der Waals surface area contributed by atoms with Crippen molar-refractivity contribution in [2.24, 2.45) is 5.92 Å². The minimum absolute atomic E-state index is 0. The number of piperidine rings is 1. The first-order valence-corrected chi connectivity index (χ1v) is 10.1. The Balaban J connectivity index is 0.00000112. The zero-order valence-corrected chi connectivity index (χ0v) is 17.8. The maximum Gasteiger partial charge on any atom is 0.229 e. The Morgan fingerprint density at radius 2 is 1.93 bits per heavy atom. The van der Waals surface area contributed by atoms with Gasteiger partial charge in [-0.25, -0.2) is 0 Å². The van der Waals surface area contributed by atoms with Crippen LogP contribution in [0.25, 0.3) is 0 Å². The van der Waals surface area contributed by atoms with Gasteiger partial charge in [-0.3, -0.25) is 9.58 Å². The summed E-state index contributed by atoms with van der Waals surface area (Å²) in [5, 5.41) is 12.5. The zero-order chi connectivity index (χ0) is 17.3. The van der Waals surface area contributed by atoms with Gasteiger partial charge in [-0.15, -0.1) is 24.8 Å². The summed E-state index contributed by atoms with van der Waals surface area (Å²) in [6.45, 7) is 6.33. The third kappa shape index (κ3) is 5.06. The molecule has 0 amide bonds. The highest BCUT2D eigenvalue weighted by Gasteiger charge is 2.30. The van der Waals surface area contributed by atoms with Crippen molar-refractivity contribution >= 4 is 24.8 Å². The Kier molecular flexibility index (Phi) is 7.36. The Hall–Kier alpha value is -1.15. The van der Waals surface area contributed by atoms with E-state index in [1.54, 1.807) is 0 Å². The molecule has 2 fully saturated rings. The van der Waals surface area contributed by atoms with E-state index in [9.17, 15) is 0 Å². The van der Waals surface area contributed by atoms with Gasteiger partial charge in [0.15, 0.2) is 5.82 Å². The van der Waals surface area contributed by atoms with Gasteiger partial charge in [-0.05, 0) is 63.7 Å². The molecular formula is C19H30Cl2N6O. The minimum atomic E-state index is 0. The van der Waals surface area contributed by atoms with Gasteiger partial charge in [0.1, 0.15) is 0 Å². The fraction of sp³-hybridized carbons (Fsp3) is 0.737. The van der Waals surface area contributed by atoms with Gasteiger partial charge in [0, 0.05) is 32.0 Å². The van der Waals surface area contributed by atoms with E-state index in [4.69, 9.17) is 9.62 Å². The normalized spacial score (nSPS) is 20.7. The van der Waals surface area contributed by atoms with Crippen molar-refractivity contribution in [3.8, 4) is 0 Å². The Morgan fingerprint density at radius 1 is 1.11 bits per heavy atom. The standard InChI is InChI=1S/C19H28N6O.2ClH/c1-6-20-12-17-11-16(22-25(17)7-1)13-24-8-4-14(5-9-24)10-18-21-19(26-23-18)15-2-3-15;;/h11,14-15,20H,1-10,12-13H2;2*1H. The van der Waals surface area contributed by atoms with E-state index in [0.29, 0.717) is 11.8 Å². The molecule has 1 saturated heterocycles. The predicted octanol–water partition coefficient (Wildman–Crippen LogP) is 2.94. The Morgan fingerprint density at radius 3 is 2.71 bits per heavy atom. The Labute approximate surface area is 178 Å². The number of likely N-dealkylation sites (tertiary alicyclic amines) is 1. The van der Waals surface area contributed by atoms with Crippen LogP contribution in [-0.2, 0) is 26.1 Å². The fourth-order valence-electron chi connectivity index (χ4n) is 4.18. The molecule has 0 radical (unpaired) electrons. The van der Waals surface area contributed by atoms with Crippen molar-refractivity contribution in [2.45, 2.75) is 64.1 Å². The van der Waals surface area contributed by atoms with Crippen LogP contribution in [-0.4, -0.2) is 44.5 Å². The quantitative estimate of drug-likeness (QED) is 0.788. The first kappa shape index (κ1) is 21.6. The lowest BCUT2D eigenvalue weighted by molar-refractivity contribution is 0.173. The third-order valence-electron chi connectivity index (χ3n) is 5.92. The lowest BCUT2D eigenvalue weighted by Crippen LogP contribution is -2.34. The molecule has 3 aliphatic rings. The van der Waals surface area contributed by atoms with Gasteiger partial charge >= 0.3 is 0 Å². The summed E-state index contributed by atoms with van der Waals surface area (Å²) in [5.74, 6) is 3.01. The number of aromatic nitrogens is 4. The highest BCUT2D eigenvalue weighted by atomic mass is 35.5. The molecule has 0 atom stereocenters. The van der Waals surface area contributed by atoms with Crippen molar-refractivity contribution in [1.29, 1.82) is 0 Å². The van der Waals surface area contributed by atoms with Crippen molar-refractivity contribution in [3.63, 3.8) is 0 Å². The molecule has 7 nitrogen and oxygen atoms in total. The molecule has 0 spiro atoms. The molecule has 1 aliphatic carbocycles. The largest absolute Gasteiger partial charge is 0.339 e. The van der Waals surface area contributed by atoms with Crippen molar-refractivity contribution < 1.29 is 4.52 Å². The third-order valence-corrected chi connectivity index (χ3v) is 5.92. The van der Waals surface area contributed by atoms with Gasteiger partial charge in [0.2, 0.25) is 5.89 Å². The smallest absolute Gasteiger partial charge is 0.229 e. The number of hydrogen-bond acceptors (Lipinski definition) is 6. The van der Waals surface area contributed by atoms with Crippen LogP contribution in [0.1, 0.15) is 61.1 Å². The minimum Gasteiger partial charge on any atom is -0.339 e. The maximum atomic E-state index is 5.39. The van der Waals surface area contributed by atoms with Gasteiger partial charge in [-0.2, -0.15) is 10.1 Å². The number of rotatable bonds is 5. The van der Waals surface area contributed by atoms with Crippen LogP contribution in [0, 0.1) is 5.92 Å². The molecule has 0 bridgehead atoms. The first-order chi connectivity index (χ1) is 12.8. The maximum absolute atomic E-state index is 5.39. The lowest BCUT2D eigenvalue weighted by Gasteiger charge is -2.30. The van der Waals surface area contributed by atoms with Crippen molar-refractivity contribution in [2.75, 3.05) is 19.6 Å². The molecule has 0 unspecified atom stereocenters. The van der Waals surface area contributed by atoms with E-state index in [1.165, 1.54) is 37.1 Å². The van der Waals surface area contributed by atoms with E-state index < -0.39 is 0 Å². The number of fused-ring (bicyclic) bond motifs is 1. The second kappa shape index (κ2) is 9.57. The first-order valence-electron chi connectivity index (χ1n) is 10.1. The summed E-state index contributed by atoms with van der Waals surface area (Å²) in [6, 6.07) is 2.28. The molecule has 1 N–H and O–H groups in total. The van der Waals surface area contributed by atoms with Crippen LogP contribution >= 0.6 is 24.8 Å². The zero-order valence-electron chi connectivity index (χ0n) is 16.2. The molecule has 156 valence electrons. The second-order valence-corrected chi connectivity index (χ2v) is 8.13. The molecule has 5 rings (SSSR count). The summed E-state index contributed by atoms with van der Waals surface area (Å²) in [4.78, 5) is 7.13. The second-order valence-electron chi connectivity index (χ2n) is 8.13. The SMILES string of the molecule is Cl.Cl.c1c(CN2CCC(Cc3noc(C4CC4)n3)CC2)nn2c1CNCCC2. The average Bonchev–Trinajstić information content (AvgIpc) is 3.35. The van der Waals surface area contributed by atoms with E-state index >= 15 is 0 Å². The predicted molar refractivity (Wildman–Crippen MR) is 111 cm³/mol. The number of halogens is 2. The number of hydrogen-bond donors (Lipinski definition) is 1. The van der Waals surface area contributed by atoms with Gasteiger partial charge in [-0.1, -0.05) is 5.16 Å². The van der Waals surface area contributed by atoms with E-state index in [2.05, 4.69) is 31.1 Å². The summed E-state index contributed by atoms with van der Waals surface area (Å²) < 4.78 is 7.58. The molecule has 4 heterocycles. The molecule has 28 heavy (non-hydrogen) atoms. The topological polar surface area (TPSA) is 72.0 Å². The molecule has 9 heteroatoms. The summed E-state index contributed by atoms with van der Waals surface area (Å²) in [5.41, 5.74) is 2.55. The molecule has 1 saturated carbocycles. The van der Waals surface area contributed by atoms with Crippen LogP contribution in [0.3, 0.4) is 0 Å². The number of nitrogens with zero attached hydrogens (tertiary/aromatic N) is 5. The van der Waals surface area contributed by atoms with Crippen LogP contribution in [0.15, 0.2) is 10.6 Å². The van der Waals surface area contributed by atoms with Gasteiger partial charge < -0.3 is 9.84 Å². The molecular weight excluding hydrogens is 399 g/mol. The van der Waals surface area contributed by atoms with Crippen molar-refractivity contribution in [3.05, 3.63) is 29.2 Å². The Bertz CT molecular complexity index is 728. The van der Waals surface area contributed by atoms with Crippen LogP contribution in [0.2, 0.25) is 0 Å². The van der Waals surface area contributed by atoms with Crippen LogP contribution in [0.4, 0.5) is 0 Å². The van der Waals surface area contributed by atoms with E-state index in [-0.39, 0.29) is 24.8 Å². The highest BCUT2D eigenvalue weighted by Crippen LogP contribution is 2.39. The molecule has 2 aliphatic heterocycles. The van der Waals surface area contributed by atoms with E-state index in [1.807, 2.05) is 0 Å². The fourth-order valence-corrected chi connectivity index (χ4v) is 4.18. The van der Waals surface area contributed by atoms with Crippen LogP contribution in [0.5, 0.6) is 0 Å². The average molecular weight is 429 g/mol. The summed E-state index contributed by atoms with van der Waals surface area (Å²) >= 11 is 0. The molecule has 2 aromatic rings. The monoisotopic (exact) mass is 428 g/mol. The van der Waals surface area contributed by atoms with Gasteiger partial charge in [0.25, 0.3) is 0 Å². The summed E-state index contributed by atoms with van der Waals surface area (Å²) in [7, 11) is 0. The molecule has 2 aromatic heterocycles. The summed E-state index contributed by atoms with van der Waals surface area (Å²) in [6.07, 6.45) is 6.98. The van der Waals surface area contributed by atoms with E-state index in [0.717, 1.165) is 63.8 Å². The number of nitrogens with one attached hydrogen (secondary N) is 1. The van der Waals surface area contributed by atoms with Gasteiger partial charge in [0.05, 0.1) is 11.4 Å². The number of aryl methyl sites for hydroxylation is 1. The molecule has 0 aromatic carbocycles. The highest BCUT2D eigenvalue weighted by molar-refractivity contribution is 5.85. The van der Waals surface area contributed by atoms with Crippen LogP contribution < -0.4 is 5.32 Å².